The molecular weight excluding hydrogens is 348 g/mol. The minimum Gasteiger partial charge on any atom is -0.377 e. The molecule has 1 atom stereocenters. The summed E-state index contributed by atoms with van der Waals surface area (Å²) in [5, 5.41) is 0. The Bertz CT molecular complexity index is 458. The van der Waals surface area contributed by atoms with Gasteiger partial charge in [-0.1, -0.05) is 0 Å². The van der Waals surface area contributed by atoms with Crippen molar-refractivity contribution in [2.24, 2.45) is 0 Å². The molecule has 0 bridgehead atoms. The lowest BCUT2D eigenvalue weighted by Gasteiger charge is -2.36. The molecule has 1 fully saturated rings. The van der Waals surface area contributed by atoms with Gasteiger partial charge in [0.05, 0.1) is 24.8 Å². The van der Waals surface area contributed by atoms with E-state index in [1.165, 1.54) is 6.20 Å². The Kier molecular flexibility index (Phi) is 4.58. The highest BCUT2D eigenvalue weighted by molar-refractivity contribution is 9.10. The average Bonchev–Trinajstić information content (AvgIpc) is 2.37. The topological polar surface area (TPSA) is 25.4 Å². The molecule has 8 heteroatoms. The van der Waals surface area contributed by atoms with Gasteiger partial charge in [0.1, 0.15) is 5.82 Å². The molecule has 3 nitrogen and oxygen atoms in total. The Balaban J connectivity index is 2.43. The standard InChI is InChI=1S/C11H11BrClF3N2O/c12-7-3-9(11(14,15)16)10(17-5-7)18-1-2-19-6-8(18)4-13/h3,5,8H,1-2,4,6H2. The number of morpholine rings is 1. The van der Waals surface area contributed by atoms with E-state index in [1.807, 2.05) is 0 Å². The molecule has 2 rings (SSSR count). The second-order valence-corrected chi connectivity index (χ2v) is 5.32. The highest BCUT2D eigenvalue weighted by Gasteiger charge is 2.38. The summed E-state index contributed by atoms with van der Waals surface area (Å²) in [6.07, 6.45) is -3.10. The van der Waals surface area contributed by atoms with Gasteiger partial charge in [-0.3, -0.25) is 0 Å². The number of hydrogen-bond donors (Lipinski definition) is 0. The van der Waals surface area contributed by atoms with Crippen molar-refractivity contribution in [2.75, 3.05) is 30.5 Å². The summed E-state index contributed by atoms with van der Waals surface area (Å²) in [4.78, 5) is 5.47. The second-order valence-electron chi connectivity index (χ2n) is 4.10. The first-order valence-electron chi connectivity index (χ1n) is 5.56. The molecule has 2 heterocycles. The predicted octanol–water partition coefficient (Wildman–Crippen LogP) is 3.31. The fourth-order valence-electron chi connectivity index (χ4n) is 1.93. The van der Waals surface area contributed by atoms with Gasteiger partial charge in [0, 0.05) is 23.1 Å². The number of aromatic nitrogens is 1. The lowest BCUT2D eigenvalue weighted by molar-refractivity contribution is -0.137. The normalized spacial score (nSPS) is 20.7. The lowest BCUT2D eigenvalue weighted by atomic mass is 10.2. The van der Waals surface area contributed by atoms with E-state index in [2.05, 4.69) is 20.9 Å². The molecule has 1 aromatic heterocycles. The maximum absolute atomic E-state index is 13.1. The fraction of sp³-hybridized carbons (Fsp3) is 0.545. The fourth-order valence-corrected chi connectivity index (χ4v) is 2.52. The Hall–Kier alpha value is -0.530. The van der Waals surface area contributed by atoms with Gasteiger partial charge in [-0.05, 0) is 22.0 Å². The Morgan fingerprint density at radius 2 is 2.26 bits per heavy atom. The summed E-state index contributed by atoms with van der Waals surface area (Å²) < 4.78 is 44.7. The maximum Gasteiger partial charge on any atom is 0.419 e. The zero-order valence-corrected chi connectivity index (χ0v) is 12.1. The van der Waals surface area contributed by atoms with Gasteiger partial charge in [0.25, 0.3) is 0 Å². The van der Waals surface area contributed by atoms with E-state index in [-0.39, 0.29) is 17.7 Å². The van der Waals surface area contributed by atoms with Crippen LogP contribution in [0.1, 0.15) is 5.56 Å². The van der Waals surface area contributed by atoms with E-state index >= 15 is 0 Å². The van der Waals surface area contributed by atoms with E-state index in [0.29, 0.717) is 24.2 Å². The average molecular weight is 360 g/mol. The first-order chi connectivity index (χ1) is 8.93. The van der Waals surface area contributed by atoms with Crippen LogP contribution in [0.15, 0.2) is 16.7 Å². The molecule has 1 aliphatic heterocycles. The van der Waals surface area contributed by atoms with Crippen LogP contribution in [-0.2, 0) is 10.9 Å². The summed E-state index contributed by atoms with van der Waals surface area (Å²) in [6, 6.07) is 0.730. The summed E-state index contributed by atoms with van der Waals surface area (Å²) >= 11 is 8.80. The number of nitrogens with zero attached hydrogens (tertiary/aromatic N) is 2. The quantitative estimate of drug-likeness (QED) is 0.758. The van der Waals surface area contributed by atoms with E-state index < -0.39 is 11.7 Å². The first-order valence-corrected chi connectivity index (χ1v) is 6.89. The Morgan fingerprint density at radius 3 is 2.89 bits per heavy atom. The number of hydrogen-bond acceptors (Lipinski definition) is 3. The van der Waals surface area contributed by atoms with Crippen molar-refractivity contribution < 1.29 is 17.9 Å². The van der Waals surface area contributed by atoms with Gasteiger partial charge >= 0.3 is 6.18 Å². The largest absolute Gasteiger partial charge is 0.419 e. The molecule has 19 heavy (non-hydrogen) atoms. The molecular formula is C11H11BrClF3N2O. The van der Waals surface area contributed by atoms with Gasteiger partial charge in [-0.15, -0.1) is 11.6 Å². The third-order valence-corrected chi connectivity index (χ3v) is 3.61. The highest BCUT2D eigenvalue weighted by atomic mass is 79.9. The van der Waals surface area contributed by atoms with Crippen LogP contribution in [0.5, 0.6) is 0 Å². The SMILES string of the molecule is FC(F)(F)c1cc(Br)cnc1N1CCOCC1CCl. The monoisotopic (exact) mass is 358 g/mol. The number of rotatable bonds is 2. The molecule has 1 aromatic rings. The first kappa shape index (κ1) is 14.9. The molecule has 0 aliphatic carbocycles. The van der Waals surface area contributed by atoms with E-state index in [1.54, 1.807) is 4.90 Å². The Morgan fingerprint density at radius 1 is 1.53 bits per heavy atom. The van der Waals surface area contributed by atoms with Crippen LogP contribution in [0, 0.1) is 0 Å². The third kappa shape index (κ3) is 3.32. The smallest absolute Gasteiger partial charge is 0.377 e. The van der Waals surface area contributed by atoms with E-state index in [4.69, 9.17) is 16.3 Å². The van der Waals surface area contributed by atoms with E-state index in [9.17, 15) is 13.2 Å². The van der Waals surface area contributed by atoms with Crippen LogP contribution in [-0.4, -0.2) is 36.7 Å². The maximum atomic E-state index is 13.1. The molecule has 1 unspecified atom stereocenters. The van der Waals surface area contributed by atoms with Crippen LogP contribution in [0.2, 0.25) is 0 Å². The number of ether oxygens (including phenoxy) is 1. The number of anilines is 1. The highest BCUT2D eigenvalue weighted by Crippen LogP contribution is 2.37. The summed E-state index contributed by atoms with van der Waals surface area (Å²) in [5.74, 6) is 0.0966. The lowest BCUT2D eigenvalue weighted by Crippen LogP contribution is -2.47. The number of alkyl halides is 4. The van der Waals surface area contributed by atoms with Crippen LogP contribution in [0.4, 0.5) is 19.0 Å². The van der Waals surface area contributed by atoms with Crippen molar-refractivity contribution in [1.82, 2.24) is 4.98 Å². The molecule has 0 spiro atoms. The summed E-state index contributed by atoms with van der Waals surface area (Å²) in [6.45, 7) is 1.01. The third-order valence-electron chi connectivity index (χ3n) is 2.82. The Labute approximate surface area is 121 Å². The summed E-state index contributed by atoms with van der Waals surface area (Å²) in [5.41, 5.74) is -0.765. The van der Waals surface area contributed by atoms with Crippen LogP contribution >= 0.6 is 27.5 Å². The van der Waals surface area contributed by atoms with Crippen molar-refractivity contribution in [3.8, 4) is 0 Å². The van der Waals surface area contributed by atoms with Gasteiger partial charge < -0.3 is 9.64 Å². The molecule has 0 aromatic carbocycles. The second kappa shape index (κ2) is 5.85. The van der Waals surface area contributed by atoms with Crippen LogP contribution in [0.25, 0.3) is 0 Å². The summed E-state index contributed by atoms with van der Waals surface area (Å²) in [7, 11) is 0. The number of halogens is 5. The van der Waals surface area contributed by atoms with Crippen molar-refractivity contribution in [3.05, 3.63) is 22.3 Å². The predicted molar refractivity (Wildman–Crippen MR) is 69.6 cm³/mol. The number of pyridine rings is 1. The minimum atomic E-state index is -4.46. The van der Waals surface area contributed by atoms with Crippen molar-refractivity contribution in [2.45, 2.75) is 12.2 Å². The zero-order chi connectivity index (χ0) is 14.0. The van der Waals surface area contributed by atoms with Crippen molar-refractivity contribution >= 4 is 33.3 Å². The minimum absolute atomic E-state index is 0.0929. The molecule has 0 N–H and O–H groups in total. The van der Waals surface area contributed by atoms with Crippen LogP contribution in [0.3, 0.4) is 0 Å². The molecule has 0 saturated carbocycles. The van der Waals surface area contributed by atoms with Gasteiger partial charge in [0.2, 0.25) is 0 Å². The van der Waals surface area contributed by atoms with Gasteiger partial charge in [-0.25, -0.2) is 4.98 Å². The van der Waals surface area contributed by atoms with Crippen molar-refractivity contribution in [3.63, 3.8) is 0 Å². The molecule has 1 saturated heterocycles. The molecule has 0 radical (unpaired) electrons. The molecule has 0 amide bonds. The van der Waals surface area contributed by atoms with Gasteiger partial charge in [0.15, 0.2) is 0 Å². The molecule has 106 valence electrons. The van der Waals surface area contributed by atoms with Gasteiger partial charge in [-0.2, -0.15) is 13.2 Å². The molecule has 1 aliphatic rings. The zero-order valence-electron chi connectivity index (χ0n) is 9.75. The van der Waals surface area contributed by atoms with Crippen molar-refractivity contribution in [1.29, 1.82) is 0 Å². The van der Waals surface area contributed by atoms with E-state index in [0.717, 1.165) is 6.07 Å². The van der Waals surface area contributed by atoms with Crippen LogP contribution < -0.4 is 4.90 Å².